The Bertz CT molecular complexity index is 422. The van der Waals surface area contributed by atoms with Crippen LogP contribution >= 0.6 is 0 Å². The maximum atomic E-state index is 11.2. The van der Waals surface area contributed by atoms with Crippen LogP contribution in [0.15, 0.2) is 23.1 Å². The third kappa shape index (κ3) is 2.24. The molecule has 5 heteroatoms. The smallest absolute Gasteiger partial charge is 0.175 e. The molecule has 0 atom stereocenters. The van der Waals surface area contributed by atoms with Gasteiger partial charge < -0.3 is 9.84 Å². The Balaban J connectivity index is 3.28. The number of hydrogen-bond donors (Lipinski definition) is 1. The number of aliphatic hydroxyl groups is 1. The molecule has 1 rings (SSSR count). The van der Waals surface area contributed by atoms with Crippen molar-refractivity contribution in [2.45, 2.75) is 11.5 Å². The monoisotopic (exact) mass is 216 g/mol. The number of benzene rings is 1. The first-order chi connectivity index (χ1) is 6.49. The summed E-state index contributed by atoms with van der Waals surface area (Å²) >= 11 is 0. The van der Waals surface area contributed by atoms with Crippen LogP contribution < -0.4 is 4.74 Å². The molecular formula is C9H12O4S. The molecule has 0 aliphatic rings. The molecule has 0 saturated carbocycles. The minimum atomic E-state index is -3.23. The third-order valence-corrected chi connectivity index (χ3v) is 2.96. The summed E-state index contributed by atoms with van der Waals surface area (Å²) in [4.78, 5) is 0.183. The van der Waals surface area contributed by atoms with Gasteiger partial charge in [0.25, 0.3) is 0 Å². The third-order valence-electron chi connectivity index (χ3n) is 1.85. The first-order valence-electron chi connectivity index (χ1n) is 3.97. The molecule has 1 aromatic rings. The highest BCUT2D eigenvalue weighted by atomic mass is 32.2. The Morgan fingerprint density at radius 2 is 2.07 bits per heavy atom. The lowest BCUT2D eigenvalue weighted by Gasteiger charge is -2.07. The summed E-state index contributed by atoms with van der Waals surface area (Å²) < 4.78 is 27.3. The van der Waals surface area contributed by atoms with E-state index in [1.807, 2.05) is 0 Å². The molecule has 0 amide bonds. The fraction of sp³-hybridized carbons (Fsp3) is 0.333. The van der Waals surface area contributed by atoms with Crippen LogP contribution in [-0.4, -0.2) is 26.9 Å². The van der Waals surface area contributed by atoms with Crippen LogP contribution in [0.2, 0.25) is 0 Å². The number of aliphatic hydroxyl groups excluding tert-OH is 1. The lowest BCUT2D eigenvalue weighted by atomic mass is 10.2. The summed E-state index contributed by atoms with van der Waals surface area (Å²) in [5.41, 5.74) is 0.468. The number of methoxy groups -OCH3 is 1. The molecule has 78 valence electrons. The van der Waals surface area contributed by atoms with E-state index < -0.39 is 9.84 Å². The van der Waals surface area contributed by atoms with Gasteiger partial charge in [-0.2, -0.15) is 0 Å². The average Bonchev–Trinajstić information content (AvgIpc) is 2.15. The van der Waals surface area contributed by atoms with Gasteiger partial charge in [-0.3, -0.25) is 0 Å². The Labute approximate surface area is 83.1 Å². The van der Waals surface area contributed by atoms with Crippen LogP contribution in [0.4, 0.5) is 0 Å². The normalized spacial score (nSPS) is 11.4. The standard InChI is InChI=1S/C9H12O4S/c1-13-9-4-3-8(14(2,11)12)5-7(9)6-10/h3-5,10H,6H2,1-2H3. The second kappa shape index (κ2) is 3.98. The minimum absolute atomic E-state index is 0.183. The van der Waals surface area contributed by atoms with Gasteiger partial charge in [0.1, 0.15) is 5.75 Å². The molecule has 0 unspecified atom stereocenters. The van der Waals surface area contributed by atoms with Crippen molar-refractivity contribution in [3.63, 3.8) is 0 Å². The topological polar surface area (TPSA) is 63.6 Å². The van der Waals surface area contributed by atoms with Crippen molar-refractivity contribution in [1.82, 2.24) is 0 Å². The highest BCUT2D eigenvalue weighted by Gasteiger charge is 2.10. The van der Waals surface area contributed by atoms with Crippen molar-refractivity contribution < 1.29 is 18.3 Å². The maximum absolute atomic E-state index is 11.2. The number of ether oxygens (including phenoxy) is 1. The molecule has 0 saturated heterocycles. The fourth-order valence-electron chi connectivity index (χ4n) is 1.11. The zero-order valence-electron chi connectivity index (χ0n) is 8.02. The summed E-state index contributed by atoms with van der Waals surface area (Å²) in [6, 6.07) is 4.39. The second-order valence-corrected chi connectivity index (χ2v) is 4.92. The van der Waals surface area contributed by atoms with E-state index in [9.17, 15) is 8.42 Å². The van der Waals surface area contributed by atoms with Crippen LogP contribution in [0.25, 0.3) is 0 Å². The molecular weight excluding hydrogens is 204 g/mol. The van der Waals surface area contributed by atoms with Crippen molar-refractivity contribution >= 4 is 9.84 Å². The van der Waals surface area contributed by atoms with Gasteiger partial charge in [-0.05, 0) is 18.2 Å². The largest absolute Gasteiger partial charge is 0.496 e. The zero-order valence-corrected chi connectivity index (χ0v) is 8.84. The molecule has 1 aromatic carbocycles. The summed E-state index contributed by atoms with van der Waals surface area (Å²) in [5, 5.41) is 8.96. The molecule has 14 heavy (non-hydrogen) atoms. The highest BCUT2D eigenvalue weighted by molar-refractivity contribution is 7.90. The van der Waals surface area contributed by atoms with Crippen molar-refractivity contribution in [3.8, 4) is 5.75 Å². The summed E-state index contributed by atoms with van der Waals surface area (Å²) in [5.74, 6) is 0.486. The molecule has 0 radical (unpaired) electrons. The van der Waals surface area contributed by atoms with E-state index in [-0.39, 0.29) is 11.5 Å². The molecule has 4 nitrogen and oxygen atoms in total. The van der Waals surface area contributed by atoms with Crippen LogP contribution in [0.3, 0.4) is 0 Å². The predicted molar refractivity (Wildman–Crippen MR) is 52.0 cm³/mol. The average molecular weight is 216 g/mol. The summed E-state index contributed by atoms with van der Waals surface area (Å²) in [7, 11) is -1.76. The van der Waals surface area contributed by atoms with Crippen LogP contribution in [0.5, 0.6) is 5.75 Å². The van der Waals surface area contributed by atoms with E-state index >= 15 is 0 Å². The number of rotatable bonds is 3. The van der Waals surface area contributed by atoms with Gasteiger partial charge in [0.2, 0.25) is 0 Å². The highest BCUT2D eigenvalue weighted by Crippen LogP contribution is 2.22. The van der Waals surface area contributed by atoms with Crippen LogP contribution in [-0.2, 0) is 16.4 Å². The lowest BCUT2D eigenvalue weighted by molar-refractivity contribution is 0.273. The first kappa shape index (κ1) is 11.0. The zero-order chi connectivity index (χ0) is 10.8. The Morgan fingerprint density at radius 3 is 2.50 bits per heavy atom. The number of sulfone groups is 1. The summed E-state index contributed by atoms with van der Waals surface area (Å²) in [6.07, 6.45) is 1.12. The van der Waals surface area contributed by atoms with Gasteiger partial charge >= 0.3 is 0 Å². The molecule has 0 heterocycles. The number of hydrogen-bond acceptors (Lipinski definition) is 4. The minimum Gasteiger partial charge on any atom is -0.496 e. The van der Waals surface area contributed by atoms with E-state index in [0.717, 1.165) is 6.26 Å². The predicted octanol–water partition coefficient (Wildman–Crippen LogP) is 0.591. The molecule has 0 spiro atoms. The Kier molecular flexibility index (Phi) is 3.13. The van der Waals surface area contributed by atoms with Gasteiger partial charge in [0, 0.05) is 11.8 Å². The van der Waals surface area contributed by atoms with E-state index in [0.29, 0.717) is 11.3 Å². The molecule has 0 aliphatic heterocycles. The second-order valence-electron chi connectivity index (χ2n) is 2.90. The van der Waals surface area contributed by atoms with Crippen molar-refractivity contribution in [2.24, 2.45) is 0 Å². The van der Waals surface area contributed by atoms with Crippen molar-refractivity contribution in [1.29, 1.82) is 0 Å². The lowest BCUT2D eigenvalue weighted by Crippen LogP contribution is -2.00. The Hall–Kier alpha value is -1.07. The van der Waals surface area contributed by atoms with E-state index in [4.69, 9.17) is 9.84 Å². The maximum Gasteiger partial charge on any atom is 0.175 e. The summed E-state index contributed by atoms with van der Waals surface area (Å²) in [6.45, 7) is -0.244. The van der Waals surface area contributed by atoms with Crippen molar-refractivity contribution in [3.05, 3.63) is 23.8 Å². The molecule has 1 N–H and O–H groups in total. The van der Waals surface area contributed by atoms with E-state index in [2.05, 4.69) is 0 Å². The SMILES string of the molecule is COc1ccc(S(C)(=O)=O)cc1CO. The van der Waals surface area contributed by atoms with E-state index in [1.54, 1.807) is 0 Å². The molecule has 0 fully saturated rings. The Morgan fingerprint density at radius 1 is 1.43 bits per heavy atom. The van der Waals surface area contributed by atoms with Gasteiger partial charge in [-0.1, -0.05) is 0 Å². The quantitative estimate of drug-likeness (QED) is 0.803. The molecule has 0 aliphatic carbocycles. The van der Waals surface area contributed by atoms with Crippen molar-refractivity contribution in [2.75, 3.05) is 13.4 Å². The van der Waals surface area contributed by atoms with Crippen LogP contribution in [0.1, 0.15) is 5.56 Å². The van der Waals surface area contributed by atoms with Gasteiger partial charge in [0.15, 0.2) is 9.84 Å². The van der Waals surface area contributed by atoms with Gasteiger partial charge in [0.05, 0.1) is 18.6 Å². The van der Waals surface area contributed by atoms with Gasteiger partial charge in [-0.15, -0.1) is 0 Å². The fourth-order valence-corrected chi connectivity index (χ4v) is 1.78. The van der Waals surface area contributed by atoms with E-state index in [1.165, 1.54) is 25.3 Å². The van der Waals surface area contributed by atoms with Gasteiger partial charge in [-0.25, -0.2) is 8.42 Å². The first-order valence-corrected chi connectivity index (χ1v) is 5.86. The van der Waals surface area contributed by atoms with Crippen LogP contribution in [0, 0.1) is 0 Å². The molecule has 0 aromatic heterocycles. The molecule has 0 bridgehead atoms.